The monoisotopic (exact) mass is 612 g/mol. The predicted molar refractivity (Wildman–Crippen MR) is 164 cm³/mol. The van der Waals surface area contributed by atoms with Crippen molar-refractivity contribution in [2.45, 2.75) is 79.7 Å². The standard InChI is InChI=1S/C31H41ClN6O3S/c1-3-26(39)38-14-13-37(17-23(38)9-11-33)29-25-8-10-31(16-21-15-22(32)7-6-20(21)19-42-31)28(40)27(25)34-30(35-29)41-18-24-5-4-12-36(24)2/h3,6-7,15,23-25,27,29-30,34-35H,1,4-5,8-10,12-14,16-19H2,2H3/t23?,24?,25?,27?,29?,30?,31-/m0/s1. The summed E-state index contributed by atoms with van der Waals surface area (Å²) in [6.07, 6.45) is 5.66. The van der Waals surface area contributed by atoms with Crippen molar-refractivity contribution in [3.8, 4) is 6.07 Å². The summed E-state index contributed by atoms with van der Waals surface area (Å²) in [5, 5.41) is 17.6. The molecule has 1 aliphatic carbocycles. The van der Waals surface area contributed by atoms with Gasteiger partial charge in [0.2, 0.25) is 5.91 Å². The summed E-state index contributed by atoms with van der Waals surface area (Å²) in [7, 11) is 2.14. The van der Waals surface area contributed by atoms with Gasteiger partial charge in [0.1, 0.15) is 0 Å². The van der Waals surface area contributed by atoms with Crippen molar-refractivity contribution >= 4 is 35.1 Å². The van der Waals surface area contributed by atoms with Crippen LogP contribution in [-0.2, 0) is 26.5 Å². The van der Waals surface area contributed by atoms with Gasteiger partial charge in [0, 0.05) is 42.4 Å². The fraction of sp³-hybridized carbons (Fsp3) is 0.645. The summed E-state index contributed by atoms with van der Waals surface area (Å²) in [6.45, 7) is 7.05. The number of ketones is 1. The van der Waals surface area contributed by atoms with E-state index in [2.05, 4.69) is 46.2 Å². The fourth-order valence-electron chi connectivity index (χ4n) is 7.68. The summed E-state index contributed by atoms with van der Waals surface area (Å²) < 4.78 is 5.97. The molecule has 11 heteroatoms. The molecule has 42 heavy (non-hydrogen) atoms. The summed E-state index contributed by atoms with van der Waals surface area (Å²) in [5.41, 5.74) is 2.44. The van der Waals surface area contributed by atoms with Crippen molar-refractivity contribution in [2.24, 2.45) is 5.92 Å². The van der Waals surface area contributed by atoms with E-state index in [1.54, 1.807) is 16.7 Å². The average Bonchev–Trinajstić information content (AvgIpc) is 3.41. The number of nitriles is 1. The number of hydrogen-bond donors (Lipinski definition) is 2. The molecule has 226 valence electrons. The first-order chi connectivity index (χ1) is 20.3. The Kier molecular flexibility index (Phi) is 9.00. The lowest BCUT2D eigenvalue weighted by Crippen LogP contribution is -2.75. The van der Waals surface area contributed by atoms with E-state index in [0.717, 1.165) is 31.6 Å². The maximum absolute atomic E-state index is 14.5. The third-order valence-corrected chi connectivity index (χ3v) is 11.9. The van der Waals surface area contributed by atoms with Crippen molar-refractivity contribution in [3.63, 3.8) is 0 Å². The molecule has 5 aliphatic rings. The number of nitrogens with zero attached hydrogens (tertiary/aromatic N) is 4. The van der Waals surface area contributed by atoms with Gasteiger partial charge >= 0.3 is 0 Å². The lowest BCUT2D eigenvalue weighted by atomic mass is 9.71. The number of thioether (sulfide) groups is 1. The molecule has 1 amide bonds. The second kappa shape index (κ2) is 12.6. The SMILES string of the molecule is C=CC(=O)N1CCN(C2NC(OCC3CCCN3C)NC3C(=O)[C@]4(CCC32)Cc2cc(Cl)ccc2CS4)CC1CC#N. The largest absolute Gasteiger partial charge is 0.348 e. The van der Waals surface area contributed by atoms with Gasteiger partial charge in [-0.1, -0.05) is 24.2 Å². The Hall–Kier alpha value is -1.97. The van der Waals surface area contributed by atoms with Crippen LogP contribution < -0.4 is 10.6 Å². The molecule has 6 unspecified atom stereocenters. The number of likely N-dealkylation sites (N-methyl/N-ethyl adjacent to an activating group) is 1. The van der Waals surface area contributed by atoms with Gasteiger partial charge in [0.05, 0.1) is 42.1 Å². The molecular weight excluding hydrogens is 572 g/mol. The van der Waals surface area contributed by atoms with Crippen molar-refractivity contribution in [3.05, 3.63) is 47.0 Å². The molecule has 4 heterocycles. The minimum Gasteiger partial charge on any atom is -0.348 e. The molecule has 7 atom stereocenters. The number of piperazine rings is 1. The summed E-state index contributed by atoms with van der Waals surface area (Å²) in [4.78, 5) is 33.5. The quantitative estimate of drug-likeness (QED) is 0.470. The number of halogens is 1. The Bertz CT molecular complexity index is 1260. The number of amides is 1. The van der Waals surface area contributed by atoms with Gasteiger partial charge < -0.3 is 14.5 Å². The second-order valence-corrected chi connectivity index (χ2v) is 14.2. The Morgan fingerprint density at radius 3 is 2.88 bits per heavy atom. The number of ether oxygens (including phenoxy) is 1. The fourth-order valence-corrected chi connectivity index (χ4v) is 9.38. The zero-order chi connectivity index (χ0) is 29.4. The minimum absolute atomic E-state index is 0.0443. The molecule has 4 fully saturated rings. The van der Waals surface area contributed by atoms with Crippen LogP contribution in [0.5, 0.6) is 0 Å². The molecule has 3 saturated heterocycles. The number of hydrogen-bond acceptors (Lipinski definition) is 9. The predicted octanol–water partition coefficient (Wildman–Crippen LogP) is 2.74. The molecule has 0 radical (unpaired) electrons. The van der Waals surface area contributed by atoms with Crippen molar-refractivity contribution < 1.29 is 14.3 Å². The lowest BCUT2D eigenvalue weighted by molar-refractivity contribution is -0.144. The van der Waals surface area contributed by atoms with Crippen molar-refractivity contribution in [1.82, 2.24) is 25.3 Å². The first-order valence-corrected chi connectivity index (χ1v) is 16.5. The molecule has 6 rings (SSSR count). The number of nitrogens with one attached hydrogen (secondary N) is 2. The Balaban J connectivity index is 1.24. The summed E-state index contributed by atoms with van der Waals surface area (Å²) in [6, 6.07) is 8.10. The van der Waals surface area contributed by atoms with E-state index in [1.807, 2.05) is 12.1 Å². The molecule has 4 aliphatic heterocycles. The maximum Gasteiger partial charge on any atom is 0.246 e. The smallest absolute Gasteiger partial charge is 0.246 e. The molecule has 0 bridgehead atoms. The minimum atomic E-state index is -0.484. The normalized spacial score (nSPS) is 35.5. The van der Waals surface area contributed by atoms with Gasteiger partial charge in [-0.3, -0.25) is 25.1 Å². The molecule has 1 spiro atoms. The zero-order valence-corrected chi connectivity index (χ0v) is 25.8. The first-order valence-electron chi connectivity index (χ1n) is 15.2. The first kappa shape index (κ1) is 30.1. The van der Waals surface area contributed by atoms with Gasteiger partial charge in [-0.15, -0.1) is 11.8 Å². The average molecular weight is 613 g/mol. The van der Waals surface area contributed by atoms with Crippen LogP contribution in [0.1, 0.15) is 43.2 Å². The van der Waals surface area contributed by atoms with Crippen LogP contribution in [0.3, 0.4) is 0 Å². The number of carbonyl (C=O) groups is 2. The molecule has 0 aromatic heterocycles. The topological polar surface area (TPSA) is 101 Å². The third kappa shape index (κ3) is 5.77. The highest BCUT2D eigenvalue weighted by molar-refractivity contribution is 8.00. The third-order valence-electron chi connectivity index (χ3n) is 10.1. The Morgan fingerprint density at radius 1 is 1.26 bits per heavy atom. The van der Waals surface area contributed by atoms with E-state index in [0.29, 0.717) is 43.7 Å². The van der Waals surface area contributed by atoms with Gasteiger partial charge in [0.25, 0.3) is 0 Å². The van der Waals surface area contributed by atoms with Crippen LogP contribution in [0, 0.1) is 17.2 Å². The molecule has 1 saturated carbocycles. The van der Waals surface area contributed by atoms with Crippen molar-refractivity contribution in [1.29, 1.82) is 5.26 Å². The van der Waals surface area contributed by atoms with Crippen molar-refractivity contribution in [2.75, 3.05) is 39.8 Å². The van der Waals surface area contributed by atoms with E-state index in [-0.39, 0.29) is 42.3 Å². The van der Waals surface area contributed by atoms with Crippen LogP contribution in [0.2, 0.25) is 5.02 Å². The van der Waals surface area contributed by atoms with E-state index < -0.39 is 11.1 Å². The number of benzene rings is 1. The molecule has 1 aromatic rings. The number of rotatable bonds is 6. The molecule has 1 aromatic carbocycles. The van der Waals surface area contributed by atoms with Crippen LogP contribution >= 0.6 is 23.4 Å². The van der Waals surface area contributed by atoms with Crippen LogP contribution in [0.15, 0.2) is 30.9 Å². The van der Waals surface area contributed by atoms with E-state index in [9.17, 15) is 14.9 Å². The van der Waals surface area contributed by atoms with Crippen LogP contribution in [-0.4, -0.2) is 102 Å². The van der Waals surface area contributed by atoms with Gasteiger partial charge in [0.15, 0.2) is 12.1 Å². The zero-order valence-electron chi connectivity index (χ0n) is 24.3. The highest BCUT2D eigenvalue weighted by atomic mass is 35.5. The highest BCUT2D eigenvalue weighted by Crippen LogP contribution is 2.49. The van der Waals surface area contributed by atoms with E-state index in [4.69, 9.17) is 16.3 Å². The van der Waals surface area contributed by atoms with Gasteiger partial charge in [-0.25, -0.2) is 0 Å². The molecule has 2 N–H and O–H groups in total. The number of Topliss-reactive ketones (excluding diaryl/α,β-unsaturated/α-hetero) is 1. The van der Waals surface area contributed by atoms with Crippen LogP contribution in [0.4, 0.5) is 0 Å². The number of carbonyl (C=O) groups excluding carboxylic acids is 2. The Labute approximate surface area is 257 Å². The second-order valence-electron chi connectivity index (χ2n) is 12.4. The lowest BCUT2D eigenvalue weighted by Gasteiger charge is -2.55. The maximum atomic E-state index is 14.5. The summed E-state index contributed by atoms with van der Waals surface area (Å²) in [5.74, 6) is 0.960. The van der Waals surface area contributed by atoms with Gasteiger partial charge in [-0.2, -0.15) is 5.26 Å². The molecule has 9 nitrogen and oxygen atoms in total. The summed E-state index contributed by atoms with van der Waals surface area (Å²) >= 11 is 8.14. The highest BCUT2D eigenvalue weighted by Gasteiger charge is 2.55. The van der Waals surface area contributed by atoms with Gasteiger partial charge in [-0.05, 0) is 75.0 Å². The number of likely N-dealkylation sites (tertiary alicyclic amines) is 1. The number of fused-ring (bicyclic) bond motifs is 2. The van der Waals surface area contributed by atoms with E-state index >= 15 is 0 Å². The van der Waals surface area contributed by atoms with E-state index in [1.165, 1.54) is 23.6 Å². The Morgan fingerprint density at radius 2 is 2.12 bits per heavy atom. The van der Waals surface area contributed by atoms with Crippen LogP contribution in [0.25, 0.3) is 0 Å². The molecular formula is C31H41ClN6O3S.